The molecule has 0 spiro atoms. The van der Waals surface area contributed by atoms with Crippen LogP contribution >= 0.6 is 0 Å². The molecule has 2 nitrogen and oxygen atoms in total. The van der Waals surface area contributed by atoms with Crippen LogP contribution in [-0.2, 0) is 4.79 Å². The monoisotopic (exact) mass is 183 g/mol. The Labute approximate surface area is 81.3 Å². The van der Waals surface area contributed by atoms with Crippen molar-refractivity contribution in [3.63, 3.8) is 0 Å². The van der Waals surface area contributed by atoms with E-state index in [0.29, 0.717) is 11.7 Å². The van der Waals surface area contributed by atoms with Crippen LogP contribution in [0.1, 0.15) is 33.1 Å². The summed E-state index contributed by atoms with van der Waals surface area (Å²) in [5.41, 5.74) is 0. The summed E-state index contributed by atoms with van der Waals surface area (Å²) >= 11 is 0. The topological polar surface area (TPSA) is 20.3 Å². The number of likely N-dealkylation sites (tertiary alicyclic amines) is 1. The van der Waals surface area contributed by atoms with Crippen molar-refractivity contribution in [1.29, 1.82) is 0 Å². The quantitative estimate of drug-likeness (QED) is 0.652. The van der Waals surface area contributed by atoms with Crippen molar-refractivity contribution in [3.8, 4) is 0 Å². The maximum Gasteiger partial charge on any atom is 0.139 e. The fourth-order valence-corrected chi connectivity index (χ4v) is 2.03. The molecule has 13 heavy (non-hydrogen) atoms. The molecule has 0 aromatic carbocycles. The van der Waals surface area contributed by atoms with E-state index in [1.54, 1.807) is 0 Å². The molecule has 1 rings (SSSR count). The number of ketones is 1. The molecule has 1 saturated heterocycles. The third kappa shape index (κ3) is 3.11. The molecular formula is C11H21NO. The van der Waals surface area contributed by atoms with Gasteiger partial charge in [-0.15, -0.1) is 0 Å². The molecule has 1 unspecified atom stereocenters. The highest BCUT2D eigenvalue weighted by atomic mass is 16.1. The number of Topliss-reactive ketones (excluding diaryl/α,β-unsaturated/α-hetero) is 1. The Balaban J connectivity index is 2.52. The van der Waals surface area contributed by atoms with Gasteiger partial charge in [-0.2, -0.15) is 0 Å². The summed E-state index contributed by atoms with van der Waals surface area (Å²) in [6, 6.07) is 0. The van der Waals surface area contributed by atoms with Crippen LogP contribution < -0.4 is 0 Å². The lowest BCUT2D eigenvalue weighted by molar-refractivity contribution is -0.126. The molecule has 1 aliphatic rings. The summed E-state index contributed by atoms with van der Waals surface area (Å²) in [4.78, 5) is 14.1. The minimum absolute atomic E-state index is 0.205. The second kappa shape index (κ2) is 4.75. The van der Waals surface area contributed by atoms with Crippen LogP contribution in [0.4, 0.5) is 0 Å². The van der Waals surface area contributed by atoms with Gasteiger partial charge in [0.1, 0.15) is 5.78 Å². The molecule has 0 aliphatic carbocycles. The Hall–Kier alpha value is -0.370. The molecule has 0 radical (unpaired) electrons. The molecule has 2 heteroatoms. The molecule has 1 fully saturated rings. The molecule has 0 N–H and O–H groups in total. The van der Waals surface area contributed by atoms with Crippen LogP contribution in [0.15, 0.2) is 0 Å². The first-order valence-corrected chi connectivity index (χ1v) is 5.33. The fourth-order valence-electron chi connectivity index (χ4n) is 2.03. The molecular weight excluding hydrogens is 162 g/mol. The van der Waals surface area contributed by atoms with Gasteiger partial charge in [0, 0.05) is 18.4 Å². The van der Waals surface area contributed by atoms with Crippen LogP contribution in [0.2, 0.25) is 0 Å². The second-order valence-electron chi connectivity index (χ2n) is 4.51. The van der Waals surface area contributed by atoms with Gasteiger partial charge in [0.05, 0.1) is 0 Å². The largest absolute Gasteiger partial charge is 0.306 e. The highest BCUT2D eigenvalue weighted by Gasteiger charge is 2.23. The zero-order chi connectivity index (χ0) is 9.84. The minimum Gasteiger partial charge on any atom is -0.306 e. The first kappa shape index (κ1) is 10.7. The van der Waals surface area contributed by atoms with E-state index in [0.717, 1.165) is 19.5 Å². The number of carbonyl (C=O) groups excluding carboxylic acids is 1. The van der Waals surface area contributed by atoms with Gasteiger partial charge in [-0.05, 0) is 26.4 Å². The number of hydrogen-bond donors (Lipinski definition) is 0. The van der Waals surface area contributed by atoms with Gasteiger partial charge in [0.15, 0.2) is 0 Å². The summed E-state index contributed by atoms with van der Waals surface area (Å²) < 4.78 is 0. The number of nitrogens with zero attached hydrogens (tertiary/aromatic N) is 1. The maximum absolute atomic E-state index is 11.8. The smallest absolute Gasteiger partial charge is 0.139 e. The highest BCUT2D eigenvalue weighted by Crippen LogP contribution is 2.19. The molecule has 76 valence electrons. The lowest BCUT2D eigenvalue weighted by Gasteiger charge is -2.20. The molecule has 1 aliphatic heterocycles. The van der Waals surface area contributed by atoms with Crippen molar-refractivity contribution in [2.24, 2.45) is 11.8 Å². The molecule has 0 amide bonds. The summed E-state index contributed by atoms with van der Waals surface area (Å²) in [5.74, 6) is 0.956. The lowest BCUT2D eigenvalue weighted by atomic mass is 9.91. The fraction of sp³-hybridized carbons (Fsp3) is 0.909. The summed E-state index contributed by atoms with van der Waals surface area (Å²) in [7, 11) is 2.12. The van der Waals surface area contributed by atoms with Gasteiger partial charge in [-0.3, -0.25) is 4.79 Å². The molecule has 0 saturated carbocycles. The van der Waals surface area contributed by atoms with E-state index in [1.165, 1.54) is 12.8 Å². The zero-order valence-corrected chi connectivity index (χ0v) is 9.05. The van der Waals surface area contributed by atoms with Crippen molar-refractivity contribution in [2.75, 3.05) is 20.1 Å². The van der Waals surface area contributed by atoms with Crippen molar-refractivity contribution >= 4 is 5.78 Å². The van der Waals surface area contributed by atoms with E-state index in [2.05, 4.69) is 11.9 Å². The average Bonchev–Trinajstić information content (AvgIpc) is 2.28. The standard InChI is InChI=1S/C11H21NO/c1-9(2)11(13)10-6-4-5-7-12(3)8-10/h9-10H,4-8H2,1-3H3. The first-order valence-electron chi connectivity index (χ1n) is 5.33. The summed E-state index contributed by atoms with van der Waals surface area (Å²) in [6.07, 6.45) is 3.56. The van der Waals surface area contributed by atoms with Gasteiger partial charge in [0.25, 0.3) is 0 Å². The predicted octanol–water partition coefficient (Wildman–Crippen LogP) is 1.94. The SMILES string of the molecule is CC(C)C(=O)C1CCCCN(C)C1. The molecule has 0 aromatic heterocycles. The second-order valence-corrected chi connectivity index (χ2v) is 4.51. The van der Waals surface area contributed by atoms with Gasteiger partial charge >= 0.3 is 0 Å². The van der Waals surface area contributed by atoms with E-state index >= 15 is 0 Å². The first-order chi connectivity index (χ1) is 6.11. The summed E-state index contributed by atoms with van der Waals surface area (Å²) in [6.45, 7) is 6.14. The van der Waals surface area contributed by atoms with Crippen LogP contribution in [0.3, 0.4) is 0 Å². The Kier molecular flexibility index (Phi) is 3.91. The number of rotatable bonds is 2. The predicted molar refractivity (Wildman–Crippen MR) is 54.7 cm³/mol. The van der Waals surface area contributed by atoms with E-state index in [9.17, 15) is 4.79 Å². The average molecular weight is 183 g/mol. The Bertz CT molecular complexity index is 177. The molecule has 1 heterocycles. The van der Waals surface area contributed by atoms with Crippen LogP contribution in [0.5, 0.6) is 0 Å². The Morgan fingerprint density at radius 1 is 1.38 bits per heavy atom. The van der Waals surface area contributed by atoms with Crippen LogP contribution in [0.25, 0.3) is 0 Å². The Morgan fingerprint density at radius 3 is 2.69 bits per heavy atom. The molecule has 0 bridgehead atoms. The normalized spacial score (nSPS) is 26.0. The molecule has 1 atom stereocenters. The summed E-state index contributed by atoms with van der Waals surface area (Å²) in [5, 5.41) is 0. The van der Waals surface area contributed by atoms with Crippen molar-refractivity contribution in [2.45, 2.75) is 33.1 Å². The van der Waals surface area contributed by atoms with E-state index in [1.807, 2.05) is 13.8 Å². The highest BCUT2D eigenvalue weighted by molar-refractivity contribution is 5.83. The third-order valence-electron chi connectivity index (χ3n) is 2.85. The third-order valence-corrected chi connectivity index (χ3v) is 2.85. The van der Waals surface area contributed by atoms with Gasteiger partial charge in [-0.25, -0.2) is 0 Å². The number of hydrogen-bond acceptors (Lipinski definition) is 2. The van der Waals surface area contributed by atoms with E-state index in [4.69, 9.17) is 0 Å². The Morgan fingerprint density at radius 2 is 2.08 bits per heavy atom. The number of carbonyl (C=O) groups is 1. The van der Waals surface area contributed by atoms with Crippen LogP contribution in [0, 0.1) is 11.8 Å². The minimum atomic E-state index is 0.205. The van der Waals surface area contributed by atoms with Crippen molar-refractivity contribution < 1.29 is 4.79 Å². The zero-order valence-electron chi connectivity index (χ0n) is 9.05. The van der Waals surface area contributed by atoms with Gasteiger partial charge < -0.3 is 4.90 Å². The maximum atomic E-state index is 11.8. The lowest BCUT2D eigenvalue weighted by Crippen LogP contribution is -2.30. The van der Waals surface area contributed by atoms with Crippen molar-refractivity contribution in [3.05, 3.63) is 0 Å². The van der Waals surface area contributed by atoms with Gasteiger partial charge in [0.2, 0.25) is 0 Å². The van der Waals surface area contributed by atoms with Crippen molar-refractivity contribution in [1.82, 2.24) is 4.90 Å². The van der Waals surface area contributed by atoms with E-state index < -0.39 is 0 Å². The van der Waals surface area contributed by atoms with Gasteiger partial charge in [-0.1, -0.05) is 20.3 Å². The van der Waals surface area contributed by atoms with E-state index in [-0.39, 0.29) is 5.92 Å². The van der Waals surface area contributed by atoms with Crippen LogP contribution in [-0.4, -0.2) is 30.8 Å². The molecule has 0 aromatic rings.